The first kappa shape index (κ1) is 20.8. The zero-order valence-corrected chi connectivity index (χ0v) is 19.2. The molecule has 1 aliphatic heterocycles. The SMILES string of the molecule is Cc1ccc2nc(N(CCN3CCOCC3)C(=O)c3cc(Br)ccc3Cl)sc2c1. The lowest BCUT2D eigenvalue weighted by Crippen LogP contribution is -2.43. The number of aryl methyl sites for hydroxylation is 1. The zero-order chi connectivity index (χ0) is 20.4. The predicted molar refractivity (Wildman–Crippen MR) is 122 cm³/mol. The maximum atomic E-state index is 13.5. The van der Waals surface area contributed by atoms with Gasteiger partial charge in [-0.25, -0.2) is 4.98 Å². The molecule has 1 saturated heterocycles. The highest BCUT2D eigenvalue weighted by atomic mass is 79.9. The Morgan fingerprint density at radius 2 is 2.07 bits per heavy atom. The van der Waals surface area contributed by atoms with Crippen molar-refractivity contribution >= 4 is 60.1 Å². The van der Waals surface area contributed by atoms with E-state index >= 15 is 0 Å². The minimum absolute atomic E-state index is 0.139. The van der Waals surface area contributed by atoms with Crippen molar-refractivity contribution in [2.75, 3.05) is 44.3 Å². The summed E-state index contributed by atoms with van der Waals surface area (Å²) in [7, 11) is 0. The van der Waals surface area contributed by atoms with Gasteiger partial charge in [0.2, 0.25) is 0 Å². The standard InChI is InChI=1S/C21H21BrClN3O2S/c1-14-2-5-18-19(12-14)29-21(24-18)26(7-6-25-8-10-28-11-9-25)20(27)16-13-15(22)3-4-17(16)23/h2-5,12-13H,6-11H2,1H3. The number of anilines is 1. The average Bonchev–Trinajstić information content (AvgIpc) is 3.13. The number of amides is 1. The maximum Gasteiger partial charge on any atom is 0.261 e. The van der Waals surface area contributed by atoms with Gasteiger partial charge in [-0.3, -0.25) is 14.6 Å². The molecule has 1 amide bonds. The molecule has 0 aliphatic carbocycles. The number of hydrogen-bond donors (Lipinski definition) is 0. The first-order chi connectivity index (χ1) is 14.0. The van der Waals surface area contributed by atoms with Gasteiger partial charge in [0.15, 0.2) is 5.13 Å². The molecule has 0 atom stereocenters. The molecule has 29 heavy (non-hydrogen) atoms. The van der Waals surface area contributed by atoms with Crippen LogP contribution in [0, 0.1) is 6.92 Å². The highest BCUT2D eigenvalue weighted by Crippen LogP contribution is 2.32. The van der Waals surface area contributed by atoms with Crippen molar-refractivity contribution in [2.45, 2.75) is 6.92 Å². The zero-order valence-electron chi connectivity index (χ0n) is 16.0. The Hall–Kier alpha value is -1.51. The second-order valence-electron chi connectivity index (χ2n) is 7.00. The molecular weight excluding hydrogens is 474 g/mol. The molecule has 4 rings (SSSR count). The van der Waals surface area contributed by atoms with Crippen LogP contribution >= 0.6 is 38.9 Å². The molecule has 152 valence electrons. The van der Waals surface area contributed by atoms with Crippen LogP contribution in [0.25, 0.3) is 10.2 Å². The van der Waals surface area contributed by atoms with E-state index in [9.17, 15) is 4.79 Å². The molecule has 3 aromatic rings. The first-order valence-corrected chi connectivity index (χ1v) is 11.4. The second-order valence-corrected chi connectivity index (χ2v) is 9.33. The van der Waals surface area contributed by atoms with E-state index in [4.69, 9.17) is 21.3 Å². The second kappa shape index (κ2) is 9.10. The fourth-order valence-corrected chi connectivity index (χ4v) is 4.94. The Bertz CT molecular complexity index is 1040. The minimum atomic E-state index is -0.139. The summed E-state index contributed by atoms with van der Waals surface area (Å²) in [6, 6.07) is 11.5. The molecule has 0 bridgehead atoms. The third-order valence-electron chi connectivity index (χ3n) is 4.91. The lowest BCUT2D eigenvalue weighted by molar-refractivity contribution is 0.0391. The quantitative estimate of drug-likeness (QED) is 0.501. The van der Waals surface area contributed by atoms with E-state index in [0.717, 1.165) is 47.5 Å². The molecule has 1 fully saturated rings. The predicted octanol–water partition coefficient (Wildman–Crippen LogP) is 5.00. The van der Waals surface area contributed by atoms with E-state index in [1.165, 1.54) is 16.9 Å². The number of morpholine rings is 1. The van der Waals surface area contributed by atoms with E-state index < -0.39 is 0 Å². The van der Waals surface area contributed by atoms with Crippen molar-refractivity contribution in [3.05, 3.63) is 57.0 Å². The van der Waals surface area contributed by atoms with Gasteiger partial charge in [0.1, 0.15) is 0 Å². The fourth-order valence-electron chi connectivity index (χ4n) is 3.29. The lowest BCUT2D eigenvalue weighted by atomic mass is 10.2. The fraction of sp³-hybridized carbons (Fsp3) is 0.333. The lowest BCUT2D eigenvalue weighted by Gasteiger charge is -2.29. The van der Waals surface area contributed by atoms with Crippen molar-refractivity contribution in [2.24, 2.45) is 0 Å². The summed E-state index contributed by atoms with van der Waals surface area (Å²) in [5.41, 5.74) is 2.55. The molecule has 0 radical (unpaired) electrons. The summed E-state index contributed by atoms with van der Waals surface area (Å²) in [5, 5.41) is 1.13. The van der Waals surface area contributed by atoms with E-state index in [1.54, 1.807) is 17.0 Å². The summed E-state index contributed by atoms with van der Waals surface area (Å²) >= 11 is 11.3. The van der Waals surface area contributed by atoms with Crippen molar-refractivity contribution < 1.29 is 9.53 Å². The number of halogens is 2. The van der Waals surface area contributed by atoms with Crippen LogP contribution in [-0.4, -0.2) is 55.2 Å². The summed E-state index contributed by atoms with van der Waals surface area (Å²) < 4.78 is 7.32. The highest BCUT2D eigenvalue weighted by Gasteiger charge is 2.24. The monoisotopic (exact) mass is 493 g/mol. The molecule has 2 heterocycles. The van der Waals surface area contributed by atoms with Crippen LogP contribution in [0.15, 0.2) is 40.9 Å². The molecule has 0 saturated carbocycles. The Labute approximate surface area is 187 Å². The average molecular weight is 495 g/mol. The Morgan fingerprint density at radius 3 is 2.86 bits per heavy atom. The molecule has 0 spiro atoms. The van der Waals surface area contributed by atoms with E-state index in [-0.39, 0.29) is 5.91 Å². The topological polar surface area (TPSA) is 45.7 Å². The Balaban J connectivity index is 1.67. The first-order valence-electron chi connectivity index (χ1n) is 9.45. The van der Waals surface area contributed by atoms with Gasteiger partial charge in [-0.1, -0.05) is 44.9 Å². The Morgan fingerprint density at radius 1 is 1.28 bits per heavy atom. The third-order valence-corrected chi connectivity index (χ3v) is 6.78. The minimum Gasteiger partial charge on any atom is -0.379 e. The van der Waals surface area contributed by atoms with Gasteiger partial charge in [0, 0.05) is 30.7 Å². The van der Waals surface area contributed by atoms with E-state index in [1.807, 2.05) is 18.2 Å². The van der Waals surface area contributed by atoms with Crippen LogP contribution < -0.4 is 4.90 Å². The normalized spacial score (nSPS) is 15.0. The van der Waals surface area contributed by atoms with Crippen molar-refractivity contribution in [1.82, 2.24) is 9.88 Å². The molecule has 0 unspecified atom stereocenters. The number of nitrogens with zero attached hydrogens (tertiary/aromatic N) is 3. The largest absolute Gasteiger partial charge is 0.379 e. The van der Waals surface area contributed by atoms with E-state index in [0.29, 0.717) is 22.3 Å². The number of benzene rings is 2. The van der Waals surface area contributed by atoms with E-state index in [2.05, 4.69) is 33.8 Å². The number of ether oxygens (including phenoxy) is 1. The number of aromatic nitrogens is 1. The van der Waals surface area contributed by atoms with Gasteiger partial charge in [-0.05, 0) is 42.8 Å². The summed E-state index contributed by atoms with van der Waals surface area (Å²) in [4.78, 5) is 22.3. The van der Waals surface area contributed by atoms with Crippen molar-refractivity contribution in [1.29, 1.82) is 0 Å². The number of carbonyl (C=O) groups is 1. The van der Waals surface area contributed by atoms with Crippen LogP contribution in [0.3, 0.4) is 0 Å². The molecule has 0 N–H and O–H groups in total. The van der Waals surface area contributed by atoms with Crippen LogP contribution in [0.1, 0.15) is 15.9 Å². The molecule has 5 nitrogen and oxygen atoms in total. The Kier molecular flexibility index (Phi) is 6.51. The summed E-state index contributed by atoms with van der Waals surface area (Å²) in [6.07, 6.45) is 0. The van der Waals surface area contributed by atoms with Gasteiger partial charge in [0.25, 0.3) is 5.91 Å². The van der Waals surface area contributed by atoms with Crippen molar-refractivity contribution in [3.8, 4) is 0 Å². The van der Waals surface area contributed by atoms with Gasteiger partial charge >= 0.3 is 0 Å². The van der Waals surface area contributed by atoms with Crippen LogP contribution in [0.2, 0.25) is 5.02 Å². The molecule has 1 aliphatic rings. The summed E-state index contributed by atoms with van der Waals surface area (Å²) in [5.74, 6) is -0.139. The number of fused-ring (bicyclic) bond motifs is 1. The number of hydrogen-bond acceptors (Lipinski definition) is 5. The van der Waals surface area contributed by atoms with Crippen LogP contribution in [-0.2, 0) is 4.74 Å². The molecule has 2 aromatic carbocycles. The summed E-state index contributed by atoms with van der Waals surface area (Å²) in [6.45, 7) is 6.56. The van der Waals surface area contributed by atoms with Gasteiger partial charge in [0.05, 0.1) is 34.0 Å². The number of carbonyl (C=O) groups excluding carboxylic acids is 1. The maximum absolute atomic E-state index is 13.5. The van der Waals surface area contributed by atoms with Crippen molar-refractivity contribution in [3.63, 3.8) is 0 Å². The van der Waals surface area contributed by atoms with Crippen LogP contribution in [0.5, 0.6) is 0 Å². The van der Waals surface area contributed by atoms with Gasteiger partial charge < -0.3 is 4.74 Å². The van der Waals surface area contributed by atoms with Gasteiger partial charge in [-0.2, -0.15) is 0 Å². The molecular formula is C21H21BrClN3O2S. The highest BCUT2D eigenvalue weighted by molar-refractivity contribution is 9.10. The number of thiazole rings is 1. The molecule has 1 aromatic heterocycles. The third kappa shape index (κ3) is 4.81. The molecule has 8 heteroatoms. The van der Waals surface area contributed by atoms with Crippen LogP contribution in [0.4, 0.5) is 5.13 Å². The van der Waals surface area contributed by atoms with Gasteiger partial charge in [-0.15, -0.1) is 0 Å². The smallest absolute Gasteiger partial charge is 0.261 e. The number of rotatable bonds is 5.